The Morgan fingerprint density at radius 3 is 2.35 bits per heavy atom. The van der Waals surface area contributed by atoms with E-state index in [1.807, 2.05) is 0 Å². The van der Waals surface area contributed by atoms with Gasteiger partial charge in [0.05, 0.1) is 38.0 Å². The molecule has 2 aromatic carbocycles. The topological polar surface area (TPSA) is 106 Å². The summed E-state index contributed by atoms with van der Waals surface area (Å²) in [4.78, 5) is 26.9. The van der Waals surface area contributed by atoms with Gasteiger partial charge in [-0.3, -0.25) is 9.59 Å². The lowest BCUT2D eigenvalue weighted by Gasteiger charge is -2.25. The Morgan fingerprint density at radius 2 is 1.74 bits per heavy atom. The van der Waals surface area contributed by atoms with Gasteiger partial charge in [0.1, 0.15) is 17.3 Å². The number of aliphatic hydroxyl groups is 1. The predicted octanol–water partition coefficient (Wildman–Crippen LogP) is 2.62. The molecule has 0 spiro atoms. The molecule has 164 valence electrons. The Kier molecular flexibility index (Phi) is 6.45. The first kappa shape index (κ1) is 22.1. The molecule has 1 saturated heterocycles. The molecule has 31 heavy (non-hydrogen) atoms. The van der Waals surface area contributed by atoms with Gasteiger partial charge in [0.15, 0.2) is 11.5 Å². The molecule has 0 bridgehead atoms. The summed E-state index contributed by atoms with van der Waals surface area (Å²) >= 11 is 0. The maximum Gasteiger partial charge on any atom is 0.295 e. The lowest BCUT2D eigenvalue weighted by Crippen LogP contribution is -2.32. The number of phenolic OH excluding ortho intramolecular Hbond substituents is 1. The van der Waals surface area contributed by atoms with Gasteiger partial charge in [-0.15, -0.1) is 0 Å². The highest BCUT2D eigenvalue weighted by Gasteiger charge is 2.46. The van der Waals surface area contributed by atoms with Crippen molar-refractivity contribution >= 4 is 17.4 Å². The summed E-state index contributed by atoms with van der Waals surface area (Å²) in [7, 11) is 4.16. The summed E-state index contributed by atoms with van der Waals surface area (Å²) in [6.45, 7) is 0.185. The van der Waals surface area contributed by atoms with Crippen LogP contribution in [-0.2, 0) is 14.3 Å². The fraction of sp³-hybridized carbons (Fsp3) is 0.273. The van der Waals surface area contributed by atoms with Crippen LogP contribution in [0, 0.1) is 5.82 Å². The van der Waals surface area contributed by atoms with E-state index in [2.05, 4.69) is 0 Å². The van der Waals surface area contributed by atoms with Crippen molar-refractivity contribution in [2.45, 2.75) is 6.04 Å². The third-order valence-corrected chi connectivity index (χ3v) is 5.01. The summed E-state index contributed by atoms with van der Waals surface area (Å²) in [5.74, 6) is -2.93. The van der Waals surface area contributed by atoms with Crippen molar-refractivity contribution in [2.75, 3.05) is 34.5 Å². The van der Waals surface area contributed by atoms with Crippen molar-refractivity contribution in [1.82, 2.24) is 4.90 Å². The zero-order valence-corrected chi connectivity index (χ0v) is 17.2. The monoisotopic (exact) mass is 431 g/mol. The molecule has 1 aliphatic heterocycles. The highest BCUT2D eigenvalue weighted by Crippen LogP contribution is 2.42. The van der Waals surface area contributed by atoms with Crippen molar-refractivity contribution in [3.8, 4) is 17.2 Å². The molecule has 1 unspecified atom stereocenters. The van der Waals surface area contributed by atoms with E-state index in [9.17, 15) is 24.2 Å². The van der Waals surface area contributed by atoms with E-state index in [1.165, 1.54) is 44.4 Å². The van der Waals surface area contributed by atoms with Crippen LogP contribution in [0.3, 0.4) is 0 Å². The second-order valence-corrected chi connectivity index (χ2v) is 6.76. The normalized spacial score (nSPS) is 17.8. The predicted molar refractivity (Wildman–Crippen MR) is 108 cm³/mol. The largest absolute Gasteiger partial charge is 0.507 e. The summed E-state index contributed by atoms with van der Waals surface area (Å²) < 4.78 is 29.2. The number of amides is 1. The molecule has 1 atom stereocenters. The number of phenols is 1. The SMILES string of the molecule is COCCN1C(=O)C(=O)/C(=C(/O)c2cc(F)ccc2OC)C1c1ccc(OC)c(O)c1. The van der Waals surface area contributed by atoms with E-state index >= 15 is 0 Å². The number of likely N-dealkylation sites (tertiary alicyclic amines) is 1. The Balaban J connectivity index is 2.24. The first-order valence-corrected chi connectivity index (χ1v) is 9.32. The molecule has 1 fully saturated rings. The van der Waals surface area contributed by atoms with Crippen LogP contribution in [0.2, 0.25) is 0 Å². The second kappa shape index (κ2) is 9.05. The highest BCUT2D eigenvalue weighted by molar-refractivity contribution is 6.46. The number of nitrogens with zero attached hydrogens (tertiary/aromatic N) is 1. The van der Waals surface area contributed by atoms with E-state index < -0.39 is 29.3 Å². The lowest BCUT2D eigenvalue weighted by molar-refractivity contribution is -0.140. The number of rotatable bonds is 7. The molecular formula is C22H22FNO7. The maximum atomic E-state index is 13.9. The van der Waals surface area contributed by atoms with Gasteiger partial charge in [0, 0.05) is 13.7 Å². The number of aromatic hydroxyl groups is 1. The molecule has 0 aliphatic carbocycles. The molecular weight excluding hydrogens is 409 g/mol. The fourth-order valence-electron chi connectivity index (χ4n) is 3.53. The van der Waals surface area contributed by atoms with Crippen molar-refractivity contribution < 1.29 is 38.4 Å². The molecule has 1 amide bonds. The van der Waals surface area contributed by atoms with E-state index in [-0.39, 0.29) is 41.5 Å². The Labute approximate surface area is 178 Å². The van der Waals surface area contributed by atoms with E-state index in [1.54, 1.807) is 6.07 Å². The maximum absolute atomic E-state index is 13.9. The first-order valence-electron chi connectivity index (χ1n) is 9.32. The number of methoxy groups -OCH3 is 3. The van der Waals surface area contributed by atoms with Crippen LogP contribution >= 0.6 is 0 Å². The van der Waals surface area contributed by atoms with E-state index in [4.69, 9.17) is 14.2 Å². The molecule has 8 nitrogen and oxygen atoms in total. The van der Waals surface area contributed by atoms with Gasteiger partial charge >= 0.3 is 0 Å². The number of aliphatic hydroxyl groups excluding tert-OH is 1. The van der Waals surface area contributed by atoms with Crippen molar-refractivity contribution in [2.24, 2.45) is 0 Å². The van der Waals surface area contributed by atoms with E-state index in [0.29, 0.717) is 5.56 Å². The standard InChI is InChI=1S/C22H22FNO7/c1-29-9-8-24-19(12-4-6-17(31-3)15(25)10-12)18(21(27)22(24)28)20(26)14-11-13(23)5-7-16(14)30-2/h4-7,10-11,19,25-26H,8-9H2,1-3H3/b20-18+. The summed E-state index contributed by atoms with van der Waals surface area (Å²) in [5, 5.41) is 21.2. The van der Waals surface area contributed by atoms with Gasteiger partial charge in [0.25, 0.3) is 11.7 Å². The minimum absolute atomic E-state index is 0.0512. The van der Waals surface area contributed by atoms with E-state index in [0.717, 1.165) is 12.1 Å². The van der Waals surface area contributed by atoms with Crippen LogP contribution in [0.4, 0.5) is 4.39 Å². The van der Waals surface area contributed by atoms with Gasteiger partial charge in [-0.1, -0.05) is 6.07 Å². The molecule has 1 aliphatic rings. The Hall–Kier alpha value is -3.59. The molecule has 3 rings (SSSR count). The minimum Gasteiger partial charge on any atom is -0.507 e. The quantitative estimate of drug-likeness (QED) is 0.394. The smallest absolute Gasteiger partial charge is 0.295 e. The summed E-state index contributed by atoms with van der Waals surface area (Å²) in [5.41, 5.74) is 0.0232. The van der Waals surface area contributed by atoms with Crippen molar-refractivity contribution in [3.05, 3.63) is 58.9 Å². The number of hydrogen-bond donors (Lipinski definition) is 2. The first-order chi connectivity index (χ1) is 14.8. The Morgan fingerprint density at radius 1 is 1.06 bits per heavy atom. The lowest BCUT2D eigenvalue weighted by atomic mass is 9.94. The van der Waals surface area contributed by atoms with Gasteiger partial charge in [0.2, 0.25) is 0 Å². The van der Waals surface area contributed by atoms with Crippen LogP contribution < -0.4 is 9.47 Å². The van der Waals surface area contributed by atoms with Crippen LogP contribution in [0.1, 0.15) is 17.2 Å². The van der Waals surface area contributed by atoms with Gasteiger partial charge < -0.3 is 29.3 Å². The van der Waals surface area contributed by atoms with Crippen LogP contribution in [0.25, 0.3) is 5.76 Å². The van der Waals surface area contributed by atoms with Crippen LogP contribution in [0.15, 0.2) is 42.0 Å². The third kappa shape index (κ3) is 4.04. The number of carbonyl (C=O) groups is 2. The number of halogens is 1. The van der Waals surface area contributed by atoms with Gasteiger partial charge in [-0.2, -0.15) is 0 Å². The summed E-state index contributed by atoms with van der Waals surface area (Å²) in [6.07, 6.45) is 0. The average molecular weight is 431 g/mol. The minimum atomic E-state index is -1.04. The number of carbonyl (C=O) groups excluding carboxylic acids is 2. The molecule has 0 radical (unpaired) electrons. The molecule has 2 N–H and O–H groups in total. The van der Waals surface area contributed by atoms with Gasteiger partial charge in [-0.05, 0) is 35.9 Å². The molecule has 0 aromatic heterocycles. The fourth-order valence-corrected chi connectivity index (χ4v) is 3.53. The number of ketones is 1. The number of benzene rings is 2. The van der Waals surface area contributed by atoms with Crippen molar-refractivity contribution in [3.63, 3.8) is 0 Å². The van der Waals surface area contributed by atoms with Crippen LogP contribution in [-0.4, -0.2) is 61.3 Å². The number of hydrogen-bond acceptors (Lipinski definition) is 7. The Bertz CT molecular complexity index is 1050. The number of Topliss-reactive ketones (excluding diaryl/α,β-unsaturated/α-hetero) is 1. The zero-order valence-electron chi connectivity index (χ0n) is 17.2. The third-order valence-electron chi connectivity index (χ3n) is 5.01. The summed E-state index contributed by atoms with van der Waals surface area (Å²) in [6, 6.07) is 6.80. The molecule has 0 saturated carbocycles. The second-order valence-electron chi connectivity index (χ2n) is 6.76. The number of ether oxygens (including phenoxy) is 3. The molecule has 1 heterocycles. The molecule has 2 aromatic rings. The highest BCUT2D eigenvalue weighted by atomic mass is 19.1. The van der Waals surface area contributed by atoms with Gasteiger partial charge in [-0.25, -0.2) is 4.39 Å². The van der Waals surface area contributed by atoms with Crippen molar-refractivity contribution in [1.29, 1.82) is 0 Å². The zero-order chi connectivity index (χ0) is 22.7. The molecule has 9 heteroatoms. The average Bonchev–Trinajstić information content (AvgIpc) is 3.01. The van der Waals surface area contributed by atoms with Crippen LogP contribution in [0.5, 0.6) is 17.2 Å².